The van der Waals surface area contributed by atoms with Crippen molar-refractivity contribution in [3.63, 3.8) is 0 Å². The van der Waals surface area contributed by atoms with E-state index in [4.69, 9.17) is 21.0 Å². The Morgan fingerprint density at radius 3 is 2.05 bits per heavy atom. The zero-order chi connectivity index (χ0) is 18.1. The van der Waals surface area contributed by atoms with Gasteiger partial charge >= 0.3 is 0 Å². The molecule has 1 rings (SSSR count). The Morgan fingerprint density at radius 1 is 1.41 bits per heavy atom. The number of nitrogen functional groups attached to an aromatic ring is 1. The fraction of sp³-hybridized carbons (Fsp3) is 0.471. The summed E-state index contributed by atoms with van der Waals surface area (Å²) in [6.07, 6.45) is 8.19. The first-order chi connectivity index (χ1) is 10.3. The molecule has 0 saturated carbocycles. The first-order valence-electron chi connectivity index (χ1n) is 6.91. The van der Waals surface area contributed by atoms with Gasteiger partial charge in [-0.05, 0) is 26.0 Å². The van der Waals surface area contributed by atoms with Crippen LogP contribution in [0.3, 0.4) is 0 Å². The van der Waals surface area contributed by atoms with Gasteiger partial charge in [-0.2, -0.15) is 0 Å². The number of rotatable bonds is 3. The number of alkyl halides is 1. The minimum atomic E-state index is -1.06. The highest BCUT2D eigenvalue weighted by Gasteiger charge is 2.06. The van der Waals surface area contributed by atoms with Crippen molar-refractivity contribution in [1.82, 2.24) is 0 Å². The number of para-hydroxylation sites is 1. The Hall–Kier alpha value is -2.06. The zero-order valence-electron chi connectivity index (χ0n) is 14.2. The highest BCUT2D eigenvalue weighted by atomic mass is 19.1. The third-order valence-electron chi connectivity index (χ3n) is 1.91. The van der Waals surface area contributed by atoms with Crippen molar-refractivity contribution >= 4 is 11.4 Å². The van der Waals surface area contributed by atoms with E-state index in [1.807, 2.05) is 12.1 Å². The molecule has 1 unspecified atom stereocenters. The second-order valence-electron chi connectivity index (χ2n) is 4.22. The van der Waals surface area contributed by atoms with E-state index >= 15 is 0 Å². The lowest BCUT2D eigenvalue weighted by Gasteiger charge is -2.08. The van der Waals surface area contributed by atoms with Crippen molar-refractivity contribution in [3.8, 4) is 18.6 Å². The van der Waals surface area contributed by atoms with E-state index in [1.165, 1.54) is 13.3 Å². The summed E-state index contributed by atoms with van der Waals surface area (Å²) in [6.45, 7) is 6.90. The van der Waals surface area contributed by atoms with Gasteiger partial charge in [0, 0.05) is 11.3 Å². The van der Waals surface area contributed by atoms with Gasteiger partial charge in [-0.15, -0.1) is 12.8 Å². The molecule has 4 N–H and O–H groups in total. The van der Waals surface area contributed by atoms with Gasteiger partial charge in [0.25, 0.3) is 0 Å². The molecular formula is C17H29FN2O2. The van der Waals surface area contributed by atoms with E-state index in [9.17, 15) is 4.39 Å². The third-order valence-corrected chi connectivity index (χ3v) is 1.91. The van der Waals surface area contributed by atoms with Gasteiger partial charge in [-0.25, -0.2) is 4.39 Å². The molecule has 5 heteroatoms. The summed E-state index contributed by atoms with van der Waals surface area (Å²) in [6, 6.07) is 5.38. The van der Waals surface area contributed by atoms with Crippen LogP contribution in [0.15, 0.2) is 18.2 Å². The van der Waals surface area contributed by atoms with Crippen LogP contribution in [0, 0.1) is 18.3 Å². The molecule has 0 bridgehead atoms. The van der Waals surface area contributed by atoms with Crippen molar-refractivity contribution in [2.45, 2.75) is 40.3 Å². The van der Waals surface area contributed by atoms with E-state index < -0.39 is 6.17 Å². The summed E-state index contributed by atoms with van der Waals surface area (Å²) in [5.74, 6) is 0.588. The summed E-state index contributed by atoms with van der Waals surface area (Å²) in [5, 5.41) is 15.2. The lowest BCUT2D eigenvalue weighted by molar-refractivity contribution is 0.191. The lowest BCUT2D eigenvalue weighted by Crippen LogP contribution is -2.00. The van der Waals surface area contributed by atoms with Crippen LogP contribution in [0.1, 0.15) is 39.7 Å². The molecule has 1 aromatic rings. The normalized spacial score (nSPS) is 9.50. The number of aliphatic hydroxyl groups is 1. The molecule has 1 atom stereocenters. The van der Waals surface area contributed by atoms with Gasteiger partial charge < -0.3 is 21.0 Å². The third kappa shape index (κ3) is 12.9. The number of nitrogens with two attached hydrogens (primary N) is 1. The number of halogens is 1. The van der Waals surface area contributed by atoms with Crippen molar-refractivity contribution in [2.24, 2.45) is 0 Å². The van der Waals surface area contributed by atoms with Crippen LogP contribution in [-0.2, 0) is 0 Å². The number of hydrogen-bond donors (Lipinski definition) is 3. The van der Waals surface area contributed by atoms with Gasteiger partial charge in [0.2, 0.25) is 0 Å². The second kappa shape index (κ2) is 17.0. The number of ether oxygens (including phenoxy) is 1. The first-order valence-corrected chi connectivity index (χ1v) is 6.91. The van der Waals surface area contributed by atoms with Crippen LogP contribution in [0.5, 0.6) is 5.75 Å². The molecule has 126 valence electrons. The molecule has 0 amide bonds. The van der Waals surface area contributed by atoms with Gasteiger partial charge in [0.1, 0.15) is 6.17 Å². The summed E-state index contributed by atoms with van der Waals surface area (Å²) in [5.41, 5.74) is 7.42. The highest BCUT2D eigenvalue weighted by Crippen LogP contribution is 2.25. The molecule has 0 spiro atoms. The summed E-state index contributed by atoms with van der Waals surface area (Å²) < 4.78 is 16.3. The maximum Gasteiger partial charge on any atom is 0.150 e. The van der Waals surface area contributed by atoms with E-state index in [-0.39, 0.29) is 6.61 Å². The molecule has 0 radical (unpaired) electrons. The summed E-state index contributed by atoms with van der Waals surface area (Å²) in [7, 11) is 1.55. The monoisotopic (exact) mass is 312 g/mol. The molecular weight excluding hydrogens is 283 g/mol. The SMILES string of the molecule is C#C.CC(F)CO.CCC.COc1c(N)cccc1C(C)=N. The number of hydrogen-bond acceptors (Lipinski definition) is 4. The molecule has 0 aliphatic rings. The van der Waals surface area contributed by atoms with Gasteiger partial charge in [-0.1, -0.05) is 26.3 Å². The minimum Gasteiger partial charge on any atom is -0.494 e. The fourth-order valence-corrected chi connectivity index (χ4v) is 1.08. The number of methoxy groups -OCH3 is 1. The van der Waals surface area contributed by atoms with Crippen LogP contribution in [-0.4, -0.2) is 30.7 Å². The maximum absolute atomic E-state index is 11.2. The van der Waals surface area contributed by atoms with Crippen LogP contribution in [0.4, 0.5) is 10.1 Å². The molecule has 22 heavy (non-hydrogen) atoms. The van der Waals surface area contributed by atoms with Gasteiger partial charge in [-0.3, -0.25) is 0 Å². The van der Waals surface area contributed by atoms with E-state index in [2.05, 4.69) is 26.7 Å². The van der Waals surface area contributed by atoms with Crippen LogP contribution in [0.2, 0.25) is 0 Å². The summed E-state index contributed by atoms with van der Waals surface area (Å²) in [4.78, 5) is 0. The molecule has 0 heterocycles. The van der Waals surface area contributed by atoms with Gasteiger partial charge in [0.05, 0.1) is 19.4 Å². The molecule has 0 saturated heterocycles. The van der Waals surface area contributed by atoms with Crippen molar-refractivity contribution in [1.29, 1.82) is 5.41 Å². The van der Waals surface area contributed by atoms with Crippen molar-refractivity contribution in [3.05, 3.63) is 23.8 Å². The van der Waals surface area contributed by atoms with Crippen molar-refractivity contribution in [2.75, 3.05) is 19.5 Å². The number of benzene rings is 1. The summed E-state index contributed by atoms with van der Waals surface area (Å²) >= 11 is 0. The molecule has 0 fully saturated rings. The van der Waals surface area contributed by atoms with Crippen LogP contribution < -0.4 is 10.5 Å². The molecule has 0 aromatic heterocycles. The van der Waals surface area contributed by atoms with Crippen LogP contribution >= 0.6 is 0 Å². The Morgan fingerprint density at radius 2 is 1.82 bits per heavy atom. The first kappa shape index (κ1) is 24.9. The van der Waals surface area contributed by atoms with Gasteiger partial charge in [0.15, 0.2) is 5.75 Å². The van der Waals surface area contributed by atoms with Crippen molar-refractivity contribution < 1.29 is 14.2 Å². The number of nitrogens with one attached hydrogen (secondary N) is 1. The molecule has 4 nitrogen and oxygen atoms in total. The number of terminal acetylenes is 1. The average Bonchev–Trinajstić information content (AvgIpc) is 2.50. The standard InChI is InChI=1S/C9H12N2O.C3H7FO.C3H8.C2H2/c1-6(10)7-4-3-5-8(11)9(7)12-2;1-3(4)2-5;1-3-2;1-2/h3-5,10H,11H2,1-2H3;3,5H,2H2,1H3;3H2,1-2H3;1-2H. The predicted octanol–water partition coefficient (Wildman–Crippen LogP) is 3.67. The quantitative estimate of drug-likeness (QED) is 0.452. The Balaban J connectivity index is -0.000000302. The molecule has 1 aromatic carbocycles. The topological polar surface area (TPSA) is 79.3 Å². The largest absolute Gasteiger partial charge is 0.494 e. The highest BCUT2D eigenvalue weighted by molar-refractivity contribution is 6.00. The Bertz CT molecular complexity index is 418. The van der Waals surface area contributed by atoms with E-state index in [0.717, 1.165) is 5.56 Å². The minimum absolute atomic E-state index is 0.361. The zero-order valence-corrected chi connectivity index (χ0v) is 14.2. The Kier molecular flexibility index (Phi) is 19.3. The molecule has 0 aliphatic heterocycles. The average molecular weight is 312 g/mol. The fourth-order valence-electron chi connectivity index (χ4n) is 1.08. The lowest BCUT2D eigenvalue weighted by atomic mass is 10.1. The number of anilines is 1. The van der Waals surface area contributed by atoms with E-state index in [0.29, 0.717) is 17.1 Å². The maximum atomic E-state index is 11.2. The predicted molar refractivity (Wildman–Crippen MR) is 93.4 cm³/mol. The number of aliphatic hydroxyl groups excluding tert-OH is 1. The Labute approximate surface area is 134 Å². The molecule has 0 aliphatic carbocycles. The smallest absolute Gasteiger partial charge is 0.150 e. The van der Waals surface area contributed by atoms with E-state index in [1.54, 1.807) is 20.1 Å². The van der Waals surface area contributed by atoms with Crippen LogP contribution in [0.25, 0.3) is 0 Å². The second-order valence-corrected chi connectivity index (χ2v) is 4.22.